The zero-order valence-electron chi connectivity index (χ0n) is 10.4. The van der Waals surface area contributed by atoms with E-state index in [2.05, 4.69) is 4.98 Å². The van der Waals surface area contributed by atoms with Gasteiger partial charge in [-0.05, 0) is 25.7 Å². The van der Waals surface area contributed by atoms with Gasteiger partial charge >= 0.3 is 6.18 Å². The summed E-state index contributed by atoms with van der Waals surface area (Å²) in [4.78, 5) is 15.2. The summed E-state index contributed by atoms with van der Waals surface area (Å²) in [5.41, 5.74) is 0. The maximum atomic E-state index is 12.4. The molecule has 1 aromatic rings. The number of hydrogen-bond acceptors (Lipinski definition) is 4. The molecule has 0 atom stereocenters. The number of ketones is 1. The summed E-state index contributed by atoms with van der Waals surface area (Å²) in [5.74, 6) is -0.0339. The van der Waals surface area contributed by atoms with Crippen LogP contribution in [-0.2, 0) is 10.9 Å². The van der Waals surface area contributed by atoms with Crippen molar-refractivity contribution in [2.24, 2.45) is 5.92 Å². The molecule has 0 aliphatic heterocycles. The van der Waals surface area contributed by atoms with E-state index < -0.39 is 11.2 Å². The molecule has 0 saturated heterocycles. The molecule has 106 valence electrons. The van der Waals surface area contributed by atoms with Gasteiger partial charge in [0.15, 0.2) is 10.8 Å². The first-order valence-corrected chi connectivity index (χ1v) is 6.89. The van der Waals surface area contributed by atoms with Crippen LogP contribution in [0.4, 0.5) is 13.2 Å². The highest BCUT2D eigenvalue weighted by Gasteiger charge is 2.36. The van der Waals surface area contributed by atoms with Crippen molar-refractivity contribution in [1.82, 2.24) is 4.98 Å². The number of alkyl halides is 3. The van der Waals surface area contributed by atoms with Crippen LogP contribution >= 0.6 is 11.3 Å². The topological polar surface area (TPSA) is 39.2 Å². The second-order valence-corrected chi connectivity index (χ2v) is 5.60. The molecule has 2 rings (SSSR count). The Hall–Kier alpha value is -0.950. The summed E-state index contributed by atoms with van der Waals surface area (Å²) < 4.78 is 42.5. The number of Topliss-reactive ketones (excluding diaryl/α,β-unsaturated/α-hetero) is 1. The predicted molar refractivity (Wildman–Crippen MR) is 64.2 cm³/mol. The number of ether oxygens (including phenoxy) is 1. The summed E-state index contributed by atoms with van der Waals surface area (Å²) in [6.45, 7) is 2.56. The lowest BCUT2D eigenvalue weighted by Gasteiger charge is -2.34. The molecule has 1 aliphatic carbocycles. The van der Waals surface area contributed by atoms with Gasteiger partial charge in [-0.3, -0.25) is 4.79 Å². The lowest BCUT2D eigenvalue weighted by Crippen LogP contribution is -2.32. The lowest BCUT2D eigenvalue weighted by atomic mass is 9.79. The van der Waals surface area contributed by atoms with Gasteiger partial charge in [-0.25, -0.2) is 4.98 Å². The van der Waals surface area contributed by atoms with Crippen molar-refractivity contribution in [3.05, 3.63) is 16.1 Å². The van der Waals surface area contributed by atoms with Crippen molar-refractivity contribution in [2.75, 3.05) is 6.61 Å². The molecule has 1 aliphatic rings. The minimum absolute atomic E-state index is 0.0900. The molecule has 0 N–H and O–H groups in total. The second-order valence-electron chi connectivity index (χ2n) is 4.57. The van der Waals surface area contributed by atoms with Gasteiger partial charge in [0.25, 0.3) is 0 Å². The lowest BCUT2D eigenvalue weighted by molar-refractivity contribution is -0.137. The van der Waals surface area contributed by atoms with Crippen LogP contribution in [0.5, 0.6) is 0 Å². The van der Waals surface area contributed by atoms with Gasteiger partial charge < -0.3 is 4.74 Å². The standard InChI is InChI=1S/C12H14F3NO2S/c1-2-18-8-3-7(4-8)5-9(17)10-6-16-11(19-10)12(13,14)15/h6-8H,2-5H2,1H3. The molecule has 3 nitrogen and oxygen atoms in total. The zero-order chi connectivity index (χ0) is 14.0. The van der Waals surface area contributed by atoms with Crippen molar-refractivity contribution in [3.8, 4) is 0 Å². The number of carbonyl (C=O) groups is 1. The third-order valence-electron chi connectivity index (χ3n) is 3.09. The third kappa shape index (κ3) is 3.54. The second kappa shape index (κ2) is 5.58. The SMILES string of the molecule is CCOC1CC(CC(=O)c2cnc(C(F)(F)F)s2)C1. The number of thiazole rings is 1. The number of carbonyl (C=O) groups excluding carboxylic acids is 1. The Bertz CT molecular complexity index is 452. The highest BCUT2D eigenvalue weighted by Crippen LogP contribution is 2.36. The number of rotatable bonds is 5. The predicted octanol–water partition coefficient (Wildman–Crippen LogP) is 3.55. The van der Waals surface area contributed by atoms with E-state index in [9.17, 15) is 18.0 Å². The molecule has 0 amide bonds. The van der Waals surface area contributed by atoms with Crippen LogP contribution < -0.4 is 0 Å². The molecule has 1 heterocycles. The highest BCUT2D eigenvalue weighted by molar-refractivity contribution is 7.13. The molecule has 1 fully saturated rings. The van der Waals surface area contributed by atoms with Crippen molar-refractivity contribution in [3.63, 3.8) is 0 Å². The van der Waals surface area contributed by atoms with E-state index in [0.29, 0.717) is 17.9 Å². The van der Waals surface area contributed by atoms with Gasteiger partial charge in [0.05, 0.1) is 11.0 Å². The summed E-state index contributed by atoms with van der Waals surface area (Å²) in [5, 5.41) is -0.961. The Kier molecular flexibility index (Phi) is 4.25. The highest BCUT2D eigenvalue weighted by atomic mass is 32.1. The van der Waals surface area contributed by atoms with Crippen LogP contribution in [0.2, 0.25) is 0 Å². The summed E-state index contributed by atoms with van der Waals surface area (Å²) in [6, 6.07) is 0. The first-order valence-electron chi connectivity index (χ1n) is 6.08. The fraction of sp³-hybridized carbons (Fsp3) is 0.667. The van der Waals surface area contributed by atoms with Crippen molar-refractivity contribution in [2.45, 2.75) is 38.5 Å². The molecule has 0 radical (unpaired) electrons. The first kappa shape index (κ1) is 14.5. The molecular formula is C12H14F3NO2S. The average molecular weight is 293 g/mol. The molecular weight excluding hydrogens is 279 g/mol. The zero-order valence-corrected chi connectivity index (χ0v) is 11.2. The number of nitrogens with zero attached hydrogens (tertiary/aromatic N) is 1. The Morgan fingerprint density at radius 3 is 2.74 bits per heavy atom. The van der Waals surface area contributed by atoms with Crippen LogP contribution in [0, 0.1) is 5.92 Å². The maximum absolute atomic E-state index is 12.4. The maximum Gasteiger partial charge on any atom is 0.443 e. The monoisotopic (exact) mass is 293 g/mol. The Balaban J connectivity index is 1.86. The Morgan fingerprint density at radius 1 is 1.53 bits per heavy atom. The van der Waals surface area contributed by atoms with Gasteiger partial charge in [0.2, 0.25) is 0 Å². The van der Waals surface area contributed by atoms with Gasteiger partial charge in [0.1, 0.15) is 0 Å². The number of aromatic nitrogens is 1. The minimum atomic E-state index is -4.47. The average Bonchev–Trinajstić information content (AvgIpc) is 2.74. The molecule has 19 heavy (non-hydrogen) atoms. The number of hydrogen-bond donors (Lipinski definition) is 0. The van der Waals surface area contributed by atoms with Crippen LogP contribution in [-0.4, -0.2) is 23.5 Å². The van der Waals surface area contributed by atoms with E-state index in [1.807, 2.05) is 6.92 Å². The smallest absolute Gasteiger partial charge is 0.378 e. The summed E-state index contributed by atoms with van der Waals surface area (Å²) in [7, 11) is 0. The van der Waals surface area contributed by atoms with Gasteiger partial charge in [-0.15, -0.1) is 11.3 Å². The van der Waals surface area contributed by atoms with Crippen molar-refractivity contribution in [1.29, 1.82) is 0 Å². The van der Waals surface area contributed by atoms with Crippen molar-refractivity contribution >= 4 is 17.1 Å². The molecule has 1 saturated carbocycles. The van der Waals surface area contributed by atoms with E-state index in [-0.39, 0.29) is 29.1 Å². The van der Waals surface area contributed by atoms with E-state index in [0.717, 1.165) is 19.0 Å². The fourth-order valence-corrected chi connectivity index (χ4v) is 2.84. The van der Waals surface area contributed by atoms with Crippen LogP contribution in [0.25, 0.3) is 0 Å². The van der Waals surface area contributed by atoms with Gasteiger partial charge in [-0.2, -0.15) is 13.2 Å². The third-order valence-corrected chi connectivity index (χ3v) is 4.18. The van der Waals surface area contributed by atoms with Crippen LogP contribution in [0.1, 0.15) is 40.9 Å². The molecule has 0 spiro atoms. The largest absolute Gasteiger partial charge is 0.443 e. The first-order chi connectivity index (χ1) is 8.90. The Morgan fingerprint density at radius 2 is 2.21 bits per heavy atom. The van der Waals surface area contributed by atoms with Gasteiger partial charge in [-0.1, -0.05) is 0 Å². The Labute approximate surface area is 112 Å². The molecule has 0 bridgehead atoms. The molecule has 0 unspecified atom stereocenters. The summed E-state index contributed by atoms with van der Waals surface area (Å²) >= 11 is 0.419. The van der Waals surface area contributed by atoms with E-state index in [1.165, 1.54) is 0 Å². The van der Waals surface area contributed by atoms with Gasteiger partial charge in [0, 0.05) is 19.2 Å². The fourth-order valence-electron chi connectivity index (χ4n) is 2.11. The summed E-state index contributed by atoms with van der Waals surface area (Å²) in [6.07, 6.45) is -1.35. The normalized spacial score (nSPS) is 23.2. The number of halogens is 3. The quantitative estimate of drug-likeness (QED) is 0.779. The minimum Gasteiger partial charge on any atom is -0.378 e. The molecule has 7 heteroatoms. The molecule has 1 aromatic heterocycles. The van der Waals surface area contributed by atoms with Crippen LogP contribution in [0.3, 0.4) is 0 Å². The van der Waals surface area contributed by atoms with Crippen molar-refractivity contribution < 1.29 is 22.7 Å². The molecule has 0 aromatic carbocycles. The van der Waals surface area contributed by atoms with E-state index in [1.54, 1.807) is 0 Å². The van der Waals surface area contributed by atoms with E-state index >= 15 is 0 Å². The van der Waals surface area contributed by atoms with Crippen LogP contribution in [0.15, 0.2) is 6.20 Å². The van der Waals surface area contributed by atoms with E-state index in [4.69, 9.17) is 4.74 Å².